The minimum atomic E-state index is -4.53. The van der Waals surface area contributed by atoms with E-state index >= 15 is 0 Å². The molecule has 1 aromatic rings. The second-order valence-corrected chi connectivity index (χ2v) is 2.93. The number of alkyl halides is 3. The van der Waals surface area contributed by atoms with Crippen LogP contribution in [-0.2, 0) is 11.3 Å². The number of hydrogen-bond acceptors (Lipinski definition) is 3. The van der Waals surface area contributed by atoms with Gasteiger partial charge in [0.25, 0.3) is 5.56 Å². The van der Waals surface area contributed by atoms with E-state index in [1.54, 1.807) is 6.92 Å². The Kier molecular flexibility index (Phi) is 3.41. The van der Waals surface area contributed by atoms with E-state index in [2.05, 4.69) is 4.74 Å². The lowest BCUT2D eigenvalue weighted by atomic mass is 10.4. The Morgan fingerprint density at radius 2 is 2.19 bits per heavy atom. The molecule has 0 fully saturated rings. The summed E-state index contributed by atoms with van der Waals surface area (Å²) in [6.45, 7) is 0.152. The van der Waals surface area contributed by atoms with Crippen molar-refractivity contribution in [2.75, 3.05) is 6.61 Å². The van der Waals surface area contributed by atoms with Gasteiger partial charge in [-0.2, -0.15) is 13.2 Å². The van der Waals surface area contributed by atoms with Gasteiger partial charge in [0.1, 0.15) is 12.2 Å². The highest BCUT2D eigenvalue weighted by molar-refractivity contribution is 5.86. The van der Waals surface area contributed by atoms with Crippen LogP contribution < -0.4 is 5.56 Å². The molecule has 0 aliphatic heterocycles. The number of carbonyl (C=O) groups is 1. The van der Waals surface area contributed by atoms with Gasteiger partial charge in [-0.25, -0.2) is 9.48 Å². The van der Waals surface area contributed by atoms with Crippen molar-refractivity contribution < 1.29 is 22.7 Å². The average molecular weight is 238 g/mol. The largest absolute Gasteiger partial charge is 0.461 e. The maximum absolute atomic E-state index is 12.0. The van der Waals surface area contributed by atoms with Crippen LogP contribution in [0.15, 0.2) is 10.9 Å². The second kappa shape index (κ2) is 4.42. The van der Waals surface area contributed by atoms with E-state index in [0.717, 1.165) is 6.07 Å². The molecular formula is C8H9F3N2O3. The van der Waals surface area contributed by atoms with E-state index in [1.165, 1.54) is 0 Å². The first-order valence-electron chi connectivity index (χ1n) is 4.37. The molecule has 8 heteroatoms. The van der Waals surface area contributed by atoms with E-state index < -0.39 is 24.2 Å². The van der Waals surface area contributed by atoms with Gasteiger partial charge < -0.3 is 4.74 Å². The van der Waals surface area contributed by atoms with Crippen molar-refractivity contribution in [2.45, 2.75) is 19.6 Å². The molecule has 16 heavy (non-hydrogen) atoms. The predicted molar refractivity (Wildman–Crippen MR) is 47.1 cm³/mol. The summed E-state index contributed by atoms with van der Waals surface area (Å²) in [5.74, 6) is -0.861. The van der Waals surface area contributed by atoms with Gasteiger partial charge in [0, 0.05) is 6.07 Å². The van der Waals surface area contributed by atoms with Gasteiger partial charge >= 0.3 is 12.1 Å². The molecule has 1 rings (SSSR count). The number of esters is 1. The number of aromatic nitrogens is 2. The summed E-state index contributed by atoms with van der Waals surface area (Å²) in [6.07, 6.45) is -4.53. The van der Waals surface area contributed by atoms with Crippen LogP contribution in [0, 0.1) is 0 Å². The van der Waals surface area contributed by atoms with E-state index in [1.807, 2.05) is 5.10 Å². The SMILES string of the molecule is CCOC(=O)c1cc(=O)n(CC(F)(F)F)[nH]1. The molecule has 0 radical (unpaired) electrons. The van der Waals surface area contributed by atoms with Crippen molar-refractivity contribution >= 4 is 5.97 Å². The molecule has 0 spiro atoms. The van der Waals surface area contributed by atoms with Crippen molar-refractivity contribution in [3.05, 3.63) is 22.1 Å². The number of aromatic amines is 1. The van der Waals surface area contributed by atoms with Gasteiger partial charge in [-0.15, -0.1) is 0 Å². The Morgan fingerprint density at radius 3 is 2.69 bits per heavy atom. The van der Waals surface area contributed by atoms with E-state index in [0.29, 0.717) is 4.68 Å². The fourth-order valence-electron chi connectivity index (χ4n) is 1.04. The Morgan fingerprint density at radius 1 is 1.56 bits per heavy atom. The molecular weight excluding hydrogens is 229 g/mol. The molecule has 1 heterocycles. The zero-order valence-corrected chi connectivity index (χ0v) is 8.30. The van der Waals surface area contributed by atoms with Crippen LogP contribution in [0.3, 0.4) is 0 Å². The smallest absolute Gasteiger partial charge is 0.408 e. The van der Waals surface area contributed by atoms with Gasteiger partial charge in [0.2, 0.25) is 0 Å². The molecule has 5 nitrogen and oxygen atoms in total. The van der Waals surface area contributed by atoms with Crippen molar-refractivity contribution in [3.8, 4) is 0 Å². The predicted octanol–water partition coefficient (Wildman–Crippen LogP) is 0.915. The zero-order valence-electron chi connectivity index (χ0n) is 8.30. The third kappa shape index (κ3) is 3.14. The maximum Gasteiger partial charge on any atom is 0.408 e. The summed E-state index contributed by atoms with van der Waals surface area (Å²) in [6, 6.07) is 0.768. The van der Waals surface area contributed by atoms with Crippen molar-refractivity contribution in [3.63, 3.8) is 0 Å². The maximum atomic E-state index is 12.0. The van der Waals surface area contributed by atoms with Crippen molar-refractivity contribution in [2.24, 2.45) is 0 Å². The molecule has 1 aromatic heterocycles. The van der Waals surface area contributed by atoms with Gasteiger partial charge in [-0.05, 0) is 6.92 Å². The van der Waals surface area contributed by atoms with Crippen LogP contribution in [0.1, 0.15) is 17.4 Å². The van der Waals surface area contributed by atoms with Crippen molar-refractivity contribution in [1.29, 1.82) is 0 Å². The summed E-state index contributed by atoms with van der Waals surface area (Å²) >= 11 is 0. The number of rotatable bonds is 3. The summed E-state index contributed by atoms with van der Waals surface area (Å²) in [5, 5.41) is 2.03. The highest BCUT2D eigenvalue weighted by atomic mass is 19.4. The molecule has 0 saturated carbocycles. The summed E-state index contributed by atoms with van der Waals surface area (Å²) in [7, 11) is 0. The normalized spacial score (nSPS) is 11.5. The van der Waals surface area contributed by atoms with E-state index in [9.17, 15) is 22.8 Å². The number of hydrogen-bond donors (Lipinski definition) is 1. The van der Waals surface area contributed by atoms with Crippen LogP contribution in [0.5, 0.6) is 0 Å². The van der Waals surface area contributed by atoms with Gasteiger partial charge in [0.15, 0.2) is 0 Å². The number of H-pyrrole nitrogens is 1. The first kappa shape index (κ1) is 12.3. The lowest BCUT2D eigenvalue weighted by molar-refractivity contribution is -0.143. The second-order valence-electron chi connectivity index (χ2n) is 2.93. The Bertz CT molecular complexity index is 432. The fourth-order valence-corrected chi connectivity index (χ4v) is 1.04. The molecule has 0 bridgehead atoms. The number of nitrogens with zero attached hydrogens (tertiary/aromatic N) is 1. The monoisotopic (exact) mass is 238 g/mol. The topological polar surface area (TPSA) is 64.1 Å². The van der Waals surface area contributed by atoms with Crippen LogP contribution in [0.25, 0.3) is 0 Å². The molecule has 0 atom stereocenters. The standard InChI is InChI=1S/C8H9F3N2O3/c1-2-16-7(15)5-3-6(14)13(12-5)4-8(9,10)11/h3,12H,2,4H2,1H3. The fraction of sp³-hybridized carbons (Fsp3) is 0.500. The van der Waals surface area contributed by atoms with Gasteiger partial charge in [-0.1, -0.05) is 0 Å². The number of carbonyl (C=O) groups excluding carboxylic acids is 1. The molecule has 0 amide bonds. The van der Waals surface area contributed by atoms with Crippen molar-refractivity contribution in [1.82, 2.24) is 9.78 Å². The first-order chi connectivity index (χ1) is 7.33. The molecule has 0 unspecified atom stereocenters. The summed E-state index contributed by atoms with van der Waals surface area (Å²) < 4.78 is 40.8. The van der Waals surface area contributed by atoms with Gasteiger partial charge in [0.05, 0.1) is 6.61 Å². The summed E-state index contributed by atoms with van der Waals surface area (Å²) in [4.78, 5) is 22.1. The molecule has 0 saturated heterocycles. The lowest BCUT2D eigenvalue weighted by Crippen LogP contribution is -2.26. The highest BCUT2D eigenvalue weighted by Crippen LogP contribution is 2.15. The third-order valence-corrected chi connectivity index (χ3v) is 1.62. The number of nitrogens with one attached hydrogen (secondary N) is 1. The molecule has 1 N–H and O–H groups in total. The molecule has 0 aliphatic carbocycles. The first-order valence-corrected chi connectivity index (χ1v) is 4.37. The lowest BCUT2D eigenvalue weighted by Gasteiger charge is -2.05. The minimum absolute atomic E-state index is 0.0747. The Labute approximate surface area is 87.8 Å². The van der Waals surface area contributed by atoms with Crippen LogP contribution in [0.2, 0.25) is 0 Å². The quantitative estimate of drug-likeness (QED) is 0.796. The molecule has 0 aromatic carbocycles. The third-order valence-electron chi connectivity index (χ3n) is 1.62. The Hall–Kier alpha value is -1.73. The minimum Gasteiger partial charge on any atom is -0.461 e. The number of halogens is 3. The van der Waals surface area contributed by atoms with Crippen LogP contribution in [0.4, 0.5) is 13.2 Å². The molecule has 90 valence electrons. The average Bonchev–Trinajstić information content (AvgIpc) is 2.45. The van der Waals surface area contributed by atoms with Gasteiger partial charge in [-0.3, -0.25) is 9.89 Å². The number of ether oxygens (including phenoxy) is 1. The van der Waals surface area contributed by atoms with E-state index in [4.69, 9.17) is 0 Å². The van der Waals surface area contributed by atoms with Crippen LogP contribution >= 0.6 is 0 Å². The Balaban J connectivity index is 2.90. The molecule has 0 aliphatic rings. The zero-order chi connectivity index (χ0) is 12.3. The summed E-state index contributed by atoms with van der Waals surface area (Å²) in [5.41, 5.74) is -1.23. The van der Waals surface area contributed by atoms with E-state index in [-0.39, 0.29) is 12.3 Å². The highest BCUT2D eigenvalue weighted by Gasteiger charge is 2.29. The van der Waals surface area contributed by atoms with Crippen LogP contribution in [-0.4, -0.2) is 28.5 Å².